The van der Waals surface area contributed by atoms with Crippen LogP contribution in [0.5, 0.6) is 0 Å². The lowest BCUT2D eigenvalue weighted by atomic mass is 9.96. The molecule has 2 aromatic carbocycles. The Morgan fingerprint density at radius 3 is 2.86 bits per heavy atom. The first-order valence-electron chi connectivity index (χ1n) is 8.24. The number of nitrogens with zero attached hydrogens (tertiary/aromatic N) is 2. The molecule has 0 spiro atoms. The zero-order valence-electron chi connectivity index (χ0n) is 14.5. The Morgan fingerprint density at radius 1 is 1.36 bits per heavy atom. The van der Waals surface area contributed by atoms with Crippen molar-refractivity contribution in [2.24, 2.45) is 7.05 Å². The molecule has 0 aliphatic carbocycles. The SMILES string of the molecule is Cn1cc(Br)c(C(=O)Nc2cccc3c2C(c2cc(F)ccc2Cl)NC3=O)n1. The highest BCUT2D eigenvalue weighted by atomic mass is 79.9. The van der Waals surface area contributed by atoms with Crippen LogP contribution in [0.25, 0.3) is 0 Å². The highest BCUT2D eigenvalue weighted by molar-refractivity contribution is 9.10. The van der Waals surface area contributed by atoms with Crippen molar-refractivity contribution in [3.8, 4) is 0 Å². The van der Waals surface area contributed by atoms with Crippen LogP contribution in [0.3, 0.4) is 0 Å². The van der Waals surface area contributed by atoms with Crippen LogP contribution < -0.4 is 10.6 Å². The average Bonchev–Trinajstić information content (AvgIpc) is 3.17. The fourth-order valence-electron chi connectivity index (χ4n) is 3.23. The topological polar surface area (TPSA) is 76.0 Å². The Balaban J connectivity index is 1.78. The number of amides is 2. The lowest BCUT2D eigenvalue weighted by molar-refractivity contribution is 0.0959. The molecule has 2 heterocycles. The van der Waals surface area contributed by atoms with Crippen molar-refractivity contribution in [3.05, 3.63) is 80.3 Å². The van der Waals surface area contributed by atoms with Gasteiger partial charge in [-0.25, -0.2) is 4.39 Å². The van der Waals surface area contributed by atoms with E-state index in [2.05, 4.69) is 31.7 Å². The summed E-state index contributed by atoms with van der Waals surface area (Å²) in [5.41, 5.74) is 1.96. The van der Waals surface area contributed by atoms with Gasteiger partial charge < -0.3 is 10.6 Å². The number of aromatic nitrogens is 2. The fourth-order valence-corrected chi connectivity index (χ4v) is 4.01. The summed E-state index contributed by atoms with van der Waals surface area (Å²) in [7, 11) is 1.70. The van der Waals surface area contributed by atoms with E-state index in [4.69, 9.17) is 11.6 Å². The van der Waals surface area contributed by atoms with Crippen LogP contribution in [0.2, 0.25) is 5.02 Å². The molecule has 0 saturated heterocycles. The maximum absolute atomic E-state index is 13.8. The number of fused-ring (bicyclic) bond motifs is 1. The first kappa shape index (κ1) is 18.6. The quantitative estimate of drug-likeness (QED) is 0.615. The molecule has 3 aromatic rings. The van der Waals surface area contributed by atoms with Crippen LogP contribution in [-0.4, -0.2) is 21.6 Å². The summed E-state index contributed by atoms with van der Waals surface area (Å²) in [6.45, 7) is 0. The standard InChI is InChI=1S/C19H13BrClFN4O2/c1-26-8-12(20)17(25-26)19(28)23-14-4-2-3-10-15(14)16(24-18(10)27)11-7-9(22)5-6-13(11)21/h2-8,16H,1H3,(H,23,28)(H,24,27). The van der Waals surface area contributed by atoms with Gasteiger partial charge in [0.2, 0.25) is 0 Å². The van der Waals surface area contributed by atoms with Gasteiger partial charge in [-0.1, -0.05) is 17.7 Å². The van der Waals surface area contributed by atoms with Gasteiger partial charge in [0.05, 0.1) is 10.5 Å². The number of rotatable bonds is 3. The molecule has 28 heavy (non-hydrogen) atoms. The molecular weight excluding hydrogens is 451 g/mol. The Labute approximate surface area is 172 Å². The fraction of sp³-hybridized carbons (Fsp3) is 0.105. The summed E-state index contributed by atoms with van der Waals surface area (Å²) in [5, 5.41) is 10.0. The molecule has 1 unspecified atom stereocenters. The summed E-state index contributed by atoms with van der Waals surface area (Å²) < 4.78 is 15.8. The molecule has 1 atom stereocenters. The van der Waals surface area contributed by atoms with Crippen LogP contribution in [0.1, 0.15) is 38.0 Å². The summed E-state index contributed by atoms with van der Waals surface area (Å²) in [6.07, 6.45) is 1.66. The molecule has 4 rings (SSSR count). The van der Waals surface area contributed by atoms with E-state index in [-0.39, 0.29) is 11.6 Å². The molecule has 1 aliphatic rings. The molecule has 0 saturated carbocycles. The van der Waals surface area contributed by atoms with E-state index in [1.54, 1.807) is 31.4 Å². The number of aryl methyl sites for hydroxylation is 1. The largest absolute Gasteiger partial charge is 0.341 e. The van der Waals surface area contributed by atoms with E-state index < -0.39 is 17.8 Å². The van der Waals surface area contributed by atoms with E-state index in [1.165, 1.54) is 22.9 Å². The number of halogens is 3. The second-order valence-corrected chi connectivity index (χ2v) is 7.55. The van der Waals surface area contributed by atoms with E-state index in [0.29, 0.717) is 31.9 Å². The van der Waals surface area contributed by atoms with E-state index in [0.717, 1.165) is 0 Å². The second-order valence-electron chi connectivity index (χ2n) is 6.29. The van der Waals surface area contributed by atoms with E-state index in [9.17, 15) is 14.0 Å². The van der Waals surface area contributed by atoms with Crippen molar-refractivity contribution in [1.82, 2.24) is 15.1 Å². The van der Waals surface area contributed by atoms with Crippen LogP contribution >= 0.6 is 27.5 Å². The van der Waals surface area contributed by atoms with Crippen LogP contribution in [0.15, 0.2) is 47.1 Å². The van der Waals surface area contributed by atoms with Crippen molar-refractivity contribution in [3.63, 3.8) is 0 Å². The number of hydrogen-bond donors (Lipinski definition) is 2. The third kappa shape index (κ3) is 3.18. The van der Waals surface area contributed by atoms with Crippen molar-refractivity contribution >= 4 is 45.0 Å². The number of nitrogens with one attached hydrogen (secondary N) is 2. The minimum Gasteiger partial charge on any atom is -0.341 e. The summed E-state index contributed by atoms with van der Waals surface area (Å²) in [6, 6.07) is 8.25. The number of hydrogen-bond acceptors (Lipinski definition) is 3. The average molecular weight is 464 g/mol. The van der Waals surface area contributed by atoms with Gasteiger partial charge in [-0.15, -0.1) is 0 Å². The Morgan fingerprint density at radius 2 is 2.14 bits per heavy atom. The first-order valence-corrected chi connectivity index (χ1v) is 9.41. The molecule has 0 bridgehead atoms. The Kier molecular flexibility index (Phi) is 4.68. The lowest BCUT2D eigenvalue weighted by Crippen LogP contribution is -2.21. The molecule has 0 radical (unpaired) electrons. The van der Waals surface area contributed by atoms with Gasteiger partial charge in [0, 0.05) is 40.6 Å². The van der Waals surface area contributed by atoms with Crippen molar-refractivity contribution < 1.29 is 14.0 Å². The molecular formula is C19H13BrClFN4O2. The smallest absolute Gasteiger partial charge is 0.277 e. The zero-order valence-corrected chi connectivity index (χ0v) is 16.8. The maximum atomic E-state index is 13.8. The minimum atomic E-state index is -0.686. The highest BCUT2D eigenvalue weighted by Crippen LogP contribution is 2.39. The maximum Gasteiger partial charge on any atom is 0.277 e. The molecule has 2 N–H and O–H groups in total. The van der Waals surface area contributed by atoms with Crippen molar-refractivity contribution in [1.29, 1.82) is 0 Å². The highest BCUT2D eigenvalue weighted by Gasteiger charge is 2.34. The monoisotopic (exact) mass is 462 g/mol. The van der Waals surface area contributed by atoms with Crippen molar-refractivity contribution in [2.45, 2.75) is 6.04 Å². The Hall–Kier alpha value is -2.71. The van der Waals surface area contributed by atoms with Crippen LogP contribution in [0, 0.1) is 5.82 Å². The first-order chi connectivity index (χ1) is 13.3. The molecule has 142 valence electrons. The van der Waals surface area contributed by atoms with Gasteiger partial charge >= 0.3 is 0 Å². The molecule has 0 fully saturated rings. The minimum absolute atomic E-state index is 0.206. The van der Waals surface area contributed by atoms with Gasteiger partial charge in [0.15, 0.2) is 5.69 Å². The summed E-state index contributed by atoms with van der Waals surface area (Å²) in [5.74, 6) is -1.24. The molecule has 2 amide bonds. The molecule has 6 nitrogen and oxygen atoms in total. The van der Waals surface area contributed by atoms with Gasteiger partial charge in [0.25, 0.3) is 11.8 Å². The van der Waals surface area contributed by atoms with Gasteiger partial charge in [-0.2, -0.15) is 5.10 Å². The predicted octanol–water partition coefficient (Wildman–Crippen LogP) is 4.06. The third-order valence-corrected chi connectivity index (χ3v) is 5.36. The number of anilines is 1. The predicted molar refractivity (Wildman–Crippen MR) is 106 cm³/mol. The van der Waals surface area contributed by atoms with E-state index >= 15 is 0 Å². The number of carbonyl (C=O) groups is 2. The van der Waals surface area contributed by atoms with Crippen LogP contribution in [0.4, 0.5) is 10.1 Å². The molecule has 9 heteroatoms. The third-order valence-electron chi connectivity index (χ3n) is 4.43. The Bertz CT molecular complexity index is 1130. The van der Waals surface area contributed by atoms with E-state index in [1.807, 2.05) is 0 Å². The van der Waals surface area contributed by atoms with Gasteiger partial charge in [-0.05, 0) is 46.3 Å². The zero-order chi connectivity index (χ0) is 20.0. The number of benzene rings is 2. The lowest BCUT2D eigenvalue weighted by Gasteiger charge is -2.17. The normalized spacial score (nSPS) is 15.3. The summed E-state index contributed by atoms with van der Waals surface area (Å²) >= 11 is 9.54. The molecule has 1 aromatic heterocycles. The second kappa shape index (κ2) is 7.03. The van der Waals surface area contributed by atoms with Crippen molar-refractivity contribution in [2.75, 3.05) is 5.32 Å². The number of carbonyl (C=O) groups excluding carboxylic acids is 2. The summed E-state index contributed by atoms with van der Waals surface area (Å²) in [4.78, 5) is 25.1. The van der Waals surface area contributed by atoms with Gasteiger partial charge in [-0.3, -0.25) is 14.3 Å². The van der Waals surface area contributed by atoms with Gasteiger partial charge in [0.1, 0.15) is 5.82 Å². The molecule has 1 aliphatic heterocycles. The van der Waals surface area contributed by atoms with Crippen LogP contribution in [-0.2, 0) is 7.05 Å².